The second kappa shape index (κ2) is 6.93. The predicted molar refractivity (Wildman–Crippen MR) is 85.5 cm³/mol. The molecule has 1 aliphatic rings. The molecule has 24 heavy (non-hydrogen) atoms. The lowest BCUT2D eigenvalue weighted by Gasteiger charge is -2.24. The number of nitrogens with zero attached hydrogens (tertiary/aromatic N) is 1. The zero-order valence-electron chi connectivity index (χ0n) is 13.7. The largest absolute Gasteiger partial charge is 0.463 e. The Labute approximate surface area is 141 Å². The molecule has 0 unspecified atom stereocenters. The number of rotatable bonds is 8. The third-order valence-electron chi connectivity index (χ3n) is 4.44. The first-order valence-corrected chi connectivity index (χ1v) is 8.19. The van der Waals surface area contributed by atoms with Crippen LogP contribution in [0.25, 0.3) is 0 Å². The Morgan fingerprint density at radius 3 is 2.29 bits per heavy atom. The highest BCUT2D eigenvalue weighted by Crippen LogP contribution is 2.39. The van der Waals surface area contributed by atoms with Gasteiger partial charge in [0.05, 0.1) is 18.6 Å². The van der Waals surface area contributed by atoms with Crippen molar-refractivity contribution in [3.05, 3.63) is 48.3 Å². The molecule has 0 saturated heterocycles. The third-order valence-corrected chi connectivity index (χ3v) is 4.44. The first-order valence-electron chi connectivity index (χ1n) is 8.19. The van der Waals surface area contributed by atoms with E-state index in [1.165, 1.54) is 0 Å². The number of nitrogens with one attached hydrogen (secondary N) is 2. The summed E-state index contributed by atoms with van der Waals surface area (Å²) in [7, 11) is 0. The number of nitriles is 1. The highest BCUT2D eigenvalue weighted by molar-refractivity contribution is 5.78. The smallest absolute Gasteiger partial charge is 0.276 e. The molecule has 2 aromatic heterocycles. The van der Waals surface area contributed by atoms with Crippen LogP contribution in [0, 0.1) is 17.2 Å². The monoisotopic (exact) mass is 328 g/mol. The van der Waals surface area contributed by atoms with E-state index in [-0.39, 0.29) is 18.4 Å². The van der Waals surface area contributed by atoms with Crippen LogP contribution >= 0.6 is 0 Å². The molecule has 2 N–H and O–H groups in total. The molecule has 1 aliphatic carbocycles. The van der Waals surface area contributed by atoms with E-state index in [1.54, 1.807) is 19.5 Å². The van der Waals surface area contributed by atoms with Crippen LogP contribution in [-0.2, 0) is 17.9 Å². The van der Waals surface area contributed by atoms with Crippen molar-refractivity contribution in [1.29, 1.82) is 5.26 Å². The van der Waals surface area contributed by atoms with Crippen molar-refractivity contribution in [2.45, 2.75) is 38.4 Å². The van der Waals surface area contributed by atoms with Gasteiger partial charge >= 0.3 is 0 Å². The second-order valence-electron chi connectivity index (χ2n) is 6.58. The summed E-state index contributed by atoms with van der Waals surface area (Å²) >= 11 is 0. The van der Waals surface area contributed by atoms with Crippen molar-refractivity contribution in [3.63, 3.8) is 0 Å². The van der Waals surface area contributed by atoms with Gasteiger partial charge in [0.15, 0.2) is 18.1 Å². The molecule has 2 heterocycles. The fourth-order valence-electron chi connectivity index (χ4n) is 2.95. The molecule has 1 atom stereocenters. The fraction of sp³-hybridized carbons (Fsp3) is 0.444. The molecule has 2 aromatic rings. The van der Waals surface area contributed by atoms with Crippen molar-refractivity contribution in [1.82, 2.24) is 5.32 Å². The van der Waals surface area contributed by atoms with Crippen molar-refractivity contribution in [3.8, 4) is 6.07 Å². The summed E-state index contributed by atoms with van der Waals surface area (Å²) < 4.78 is 10.8. The summed E-state index contributed by atoms with van der Waals surface area (Å²) in [5.74, 6) is 1.77. The minimum atomic E-state index is -0.766. The average Bonchev–Trinajstić information content (AvgIpc) is 3.07. The zero-order chi connectivity index (χ0) is 17.0. The van der Waals surface area contributed by atoms with Crippen molar-refractivity contribution in [2.24, 2.45) is 5.92 Å². The zero-order valence-corrected chi connectivity index (χ0v) is 13.7. The Balaban J connectivity index is 1.64. The van der Waals surface area contributed by atoms with Gasteiger partial charge in [-0.3, -0.25) is 4.79 Å². The normalized spacial score (nSPS) is 16.5. The van der Waals surface area contributed by atoms with Crippen molar-refractivity contribution < 1.29 is 18.5 Å². The number of amides is 1. The van der Waals surface area contributed by atoms with E-state index in [2.05, 4.69) is 11.4 Å². The molecule has 0 radical (unpaired) electrons. The molecule has 1 saturated carbocycles. The van der Waals surface area contributed by atoms with Crippen molar-refractivity contribution in [2.75, 3.05) is 6.54 Å². The van der Waals surface area contributed by atoms with Gasteiger partial charge in [0.1, 0.15) is 18.6 Å². The van der Waals surface area contributed by atoms with Crippen LogP contribution in [0.2, 0.25) is 0 Å². The minimum absolute atomic E-state index is 0.126. The maximum Gasteiger partial charge on any atom is 0.276 e. The van der Waals surface area contributed by atoms with Gasteiger partial charge in [-0.05, 0) is 49.9 Å². The summed E-state index contributed by atoms with van der Waals surface area (Å²) in [4.78, 5) is 13.5. The summed E-state index contributed by atoms with van der Waals surface area (Å²) in [6, 6.07) is 9.71. The van der Waals surface area contributed by atoms with Crippen molar-refractivity contribution >= 4 is 5.91 Å². The number of hydrogen-bond donors (Lipinski definition) is 2. The van der Waals surface area contributed by atoms with Gasteiger partial charge in [-0.25, -0.2) is 0 Å². The average molecular weight is 328 g/mol. The van der Waals surface area contributed by atoms with Crippen LogP contribution in [0.5, 0.6) is 0 Å². The minimum Gasteiger partial charge on any atom is -0.463 e. The molecular weight excluding hydrogens is 306 g/mol. The summed E-state index contributed by atoms with van der Waals surface area (Å²) in [6.45, 7) is 3.22. The predicted octanol–water partition coefficient (Wildman–Crippen LogP) is 1.27. The maximum absolute atomic E-state index is 12.5. The van der Waals surface area contributed by atoms with E-state index < -0.39 is 5.54 Å². The summed E-state index contributed by atoms with van der Waals surface area (Å²) in [5, 5.41) is 12.3. The lowest BCUT2D eigenvalue weighted by atomic mass is 9.98. The molecule has 3 rings (SSSR count). The van der Waals surface area contributed by atoms with Gasteiger partial charge in [0, 0.05) is 0 Å². The molecule has 1 amide bonds. The van der Waals surface area contributed by atoms with Crippen LogP contribution in [0.3, 0.4) is 0 Å². The van der Waals surface area contributed by atoms with Gasteiger partial charge in [0.2, 0.25) is 0 Å². The Hall–Kier alpha value is -2.52. The van der Waals surface area contributed by atoms with Gasteiger partial charge in [0.25, 0.3) is 5.91 Å². The van der Waals surface area contributed by atoms with E-state index in [9.17, 15) is 10.1 Å². The maximum atomic E-state index is 12.5. The van der Waals surface area contributed by atoms with Gasteiger partial charge < -0.3 is 19.1 Å². The lowest BCUT2D eigenvalue weighted by Crippen LogP contribution is -3.10. The molecule has 126 valence electrons. The second-order valence-corrected chi connectivity index (χ2v) is 6.58. The SMILES string of the molecule is C[C@@](C#N)(NC(=O)C[NH+](Cc1ccco1)Cc1ccco1)C1CC1. The quantitative estimate of drug-likeness (QED) is 0.764. The third kappa shape index (κ3) is 4.06. The molecule has 0 aromatic carbocycles. The van der Waals surface area contributed by atoms with Crippen LogP contribution in [-0.4, -0.2) is 18.0 Å². The van der Waals surface area contributed by atoms with E-state index >= 15 is 0 Å². The van der Waals surface area contributed by atoms with E-state index in [4.69, 9.17) is 8.83 Å². The molecule has 6 heteroatoms. The van der Waals surface area contributed by atoms with E-state index in [1.807, 2.05) is 24.3 Å². The molecule has 0 bridgehead atoms. The van der Waals surface area contributed by atoms with Crippen LogP contribution in [0.4, 0.5) is 0 Å². The molecule has 6 nitrogen and oxygen atoms in total. The highest BCUT2D eigenvalue weighted by atomic mass is 16.3. The molecule has 1 fully saturated rings. The summed E-state index contributed by atoms with van der Waals surface area (Å²) in [6.07, 6.45) is 5.25. The summed E-state index contributed by atoms with van der Waals surface area (Å²) in [5.41, 5.74) is -0.766. The van der Waals surface area contributed by atoms with E-state index in [0.29, 0.717) is 13.1 Å². The first kappa shape index (κ1) is 16.3. The van der Waals surface area contributed by atoms with Crippen LogP contribution < -0.4 is 10.2 Å². The van der Waals surface area contributed by atoms with Crippen LogP contribution in [0.15, 0.2) is 45.6 Å². The van der Waals surface area contributed by atoms with Gasteiger partial charge in [-0.1, -0.05) is 0 Å². The van der Waals surface area contributed by atoms with Gasteiger partial charge in [-0.15, -0.1) is 0 Å². The Kier molecular flexibility index (Phi) is 4.72. The number of hydrogen-bond acceptors (Lipinski definition) is 4. The Bertz CT molecular complexity index is 662. The van der Waals surface area contributed by atoms with Gasteiger partial charge in [-0.2, -0.15) is 5.26 Å². The number of quaternary nitrogens is 1. The lowest BCUT2D eigenvalue weighted by molar-refractivity contribution is -0.921. The number of furan rings is 2. The Morgan fingerprint density at radius 2 is 1.88 bits per heavy atom. The number of carbonyl (C=O) groups excluding carboxylic acids is 1. The Morgan fingerprint density at radius 1 is 1.29 bits per heavy atom. The first-order chi connectivity index (χ1) is 11.6. The molecule has 0 spiro atoms. The fourth-order valence-corrected chi connectivity index (χ4v) is 2.95. The topological polar surface area (TPSA) is 83.6 Å². The standard InChI is InChI=1S/C18H21N3O3/c1-18(13-19,14-6-7-14)20-17(22)12-21(10-15-4-2-8-23-15)11-16-5-3-9-24-16/h2-5,8-9,14H,6-7,10-12H2,1H3,(H,20,22)/p+1/t18-/m0/s1. The molecular formula is C18H22N3O3+. The van der Waals surface area contributed by atoms with Crippen LogP contribution in [0.1, 0.15) is 31.3 Å². The number of carbonyl (C=O) groups is 1. The molecule has 0 aliphatic heterocycles. The highest BCUT2D eigenvalue weighted by Gasteiger charge is 2.43. The van der Waals surface area contributed by atoms with E-state index in [0.717, 1.165) is 29.3 Å².